The van der Waals surface area contributed by atoms with Gasteiger partial charge in [-0.25, -0.2) is 13.6 Å². The number of ether oxygens (including phenoxy) is 1. The average molecular weight is 250 g/mol. The van der Waals surface area contributed by atoms with Crippen molar-refractivity contribution in [3.8, 4) is 5.75 Å². The summed E-state index contributed by atoms with van der Waals surface area (Å²) >= 11 is 5.76. The third kappa shape index (κ3) is 4.51. The number of sulfonamides is 1. The fraction of sp³-hybridized carbons (Fsp3) is 0.333. The standard InChI is InChI=1S/C9H12ClNO3S/c1-7-2-3-8(10)6-9(7)14-4-5-15(11,12)13/h2-3,6H,4-5H2,1H3,(H2,11,12,13). The van der Waals surface area contributed by atoms with E-state index in [1.165, 1.54) is 0 Å². The highest BCUT2D eigenvalue weighted by atomic mass is 35.5. The lowest BCUT2D eigenvalue weighted by atomic mass is 10.2. The highest BCUT2D eigenvalue weighted by Crippen LogP contribution is 2.22. The molecular weight excluding hydrogens is 238 g/mol. The van der Waals surface area contributed by atoms with E-state index in [4.69, 9.17) is 21.5 Å². The number of hydrogen-bond acceptors (Lipinski definition) is 3. The van der Waals surface area contributed by atoms with Gasteiger partial charge in [-0.3, -0.25) is 0 Å². The Balaban J connectivity index is 2.61. The van der Waals surface area contributed by atoms with Crippen molar-refractivity contribution in [1.29, 1.82) is 0 Å². The SMILES string of the molecule is Cc1ccc(Cl)cc1OCCS(N)(=O)=O. The van der Waals surface area contributed by atoms with Gasteiger partial charge in [-0.1, -0.05) is 17.7 Å². The summed E-state index contributed by atoms with van der Waals surface area (Å²) < 4.78 is 26.5. The van der Waals surface area contributed by atoms with E-state index in [0.29, 0.717) is 10.8 Å². The molecule has 0 heterocycles. The van der Waals surface area contributed by atoms with E-state index in [0.717, 1.165) is 5.56 Å². The fourth-order valence-corrected chi connectivity index (χ4v) is 1.47. The minimum atomic E-state index is -3.48. The van der Waals surface area contributed by atoms with Crippen molar-refractivity contribution in [1.82, 2.24) is 0 Å². The summed E-state index contributed by atoms with van der Waals surface area (Å²) in [5, 5.41) is 5.38. The monoisotopic (exact) mass is 249 g/mol. The summed E-state index contributed by atoms with van der Waals surface area (Å²) in [4.78, 5) is 0. The zero-order valence-electron chi connectivity index (χ0n) is 8.23. The molecule has 0 spiro atoms. The van der Waals surface area contributed by atoms with E-state index in [-0.39, 0.29) is 12.4 Å². The molecule has 0 fully saturated rings. The van der Waals surface area contributed by atoms with Crippen molar-refractivity contribution in [2.75, 3.05) is 12.4 Å². The molecule has 0 atom stereocenters. The lowest BCUT2D eigenvalue weighted by Gasteiger charge is -2.08. The molecule has 0 unspecified atom stereocenters. The van der Waals surface area contributed by atoms with Crippen molar-refractivity contribution in [3.63, 3.8) is 0 Å². The number of primary sulfonamides is 1. The maximum atomic E-state index is 10.6. The number of rotatable bonds is 4. The normalized spacial score (nSPS) is 11.4. The first-order chi connectivity index (χ1) is 6.88. The van der Waals surface area contributed by atoms with Crippen molar-refractivity contribution in [3.05, 3.63) is 28.8 Å². The molecule has 84 valence electrons. The first kappa shape index (κ1) is 12.3. The van der Waals surface area contributed by atoms with Crippen LogP contribution in [0, 0.1) is 6.92 Å². The van der Waals surface area contributed by atoms with Crippen molar-refractivity contribution in [2.24, 2.45) is 5.14 Å². The maximum absolute atomic E-state index is 10.6. The van der Waals surface area contributed by atoms with Gasteiger partial charge in [-0.05, 0) is 24.6 Å². The minimum Gasteiger partial charge on any atom is -0.492 e. The van der Waals surface area contributed by atoms with Crippen LogP contribution in [0.1, 0.15) is 5.56 Å². The predicted molar refractivity (Wildman–Crippen MR) is 59.7 cm³/mol. The lowest BCUT2D eigenvalue weighted by Crippen LogP contribution is -2.21. The molecule has 15 heavy (non-hydrogen) atoms. The van der Waals surface area contributed by atoms with Crippen molar-refractivity contribution >= 4 is 21.6 Å². The highest BCUT2D eigenvalue weighted by Gasteiger charge is 2.05. The molecule has 0 saturated carbocycles. The van der Waals surface area contributed by atoms with E-state index in [9.17, 15) is 8.42 Å². The van der Waals surface area contributed by atoms with Crippen LogP contribution in [0.4, 0.5) is 0 Å². The van der Waals surface area contributed by atoms with Gasteiger partial charge in [0.25, 0.3) is 0 Å². The van der Waals surface area contributed by atoms with Crippen LogP contribution in [0.3, 0.4) is 0 Å². The third-order valence-corrected chi connectivity index (χ3v) is 2.75. The molecule has 6 heteroatoms. The Bertz CT molecular complexity index is 445. The van der Waals surface area contributed by atoms with Gasteiger partial charge < -0.3 is 4.74 Å². The van der Waals surface area contributed by atoms with E-state index in [1.807, 2.05) is 6.92 Å². The topological polar surface area (TPSA) is 69.4 Å². The van der Waals surface area contributed by atoms with Crippen LogP contribution in [0.25, 0.3) is 0 Å². The van der Waals surface area contributed by atoms with Gasteiger partial charge in [0, 0.05) is 5.02 Å². The van der Waals surface area contributed by atoms with Crippen LogP contribution < -0.4 is 9.88 Å². The largest absolute Gasteiger partial charge is 0.492 e. The van der Waals surface area contributed by atoms with E-state index >= 15 is 0 Å². The Kier molecular flexibility index (Phi) is 3.96. The Labute approximate surface area is 94.0 Å². The smallest absolute Gasteiger partial charge is 0.212 e. The van der Waals surface area contributed by atoms with Crippen LogP contribution in [0.2, 0.25) is 5.02 Å². The van der Waals surface area contributed by atoms with Crippen LogP contribution in [-0.4, -0.2) is 20.8 Å². The Morgan fingerprint density at radius 1 is 1.47 bits per heavy atom. The van der Waals surface area contributed by atoms with Crippen molar-refractivity contribution in [2.45, 2.75) is 6.92 Å². The molecule has 0 aliphatic carbocycles. The third-order valence-electron chi connectivity index (χ3n) is 1.78. The number of aryl methyl sites for hydroxylation is 1. The Morgan fingerprint density at radius 3 is 2.73 bits per heavy atom. The van der Waals surface area contributed by atoms with E-state index in [1.54, 1.807) is 18.2 Å². The van der Waals surface area contributed by atoms with Gasteiger partial charge in [-0.15, -0.1) is 0 Å². The first-order valence-electron chi connectivity index (χ1n) is 4.28. The molecule has 1 aromatic rings. The van der Waals surface area contributed by atoms with E-state index < -0.39 is 10.0 Å². The van der Waals surface area contributed by atoms with Crippen LogP contribution in [-0.2, 0) is 10.0 Å². The summed E-state index contributed by atoms with van der Waals surface area (Å²) in [7, 11) is -3.48. The maximum Gasteiger partial charge on any atom is 0.212 e. The molecule has 0 saturated heterocycles. The zero-order chi connectivity index (χ0) is 11.5. The van der Waals surface area contributed by atoms with Crippen LogP contribution >= 0.6 is 11.6 Å². The van der Waals surface area contributed by atoms with Crippen molar-refractivity contribution < 1.29 is 13.2 Å². The molecule has 0 amide bonds. The van der Waals surface area contributed by atoms with Crippen LogP contribution in [0.5, 0.6) is 5.75 Å². The molecule has 0 radical (unpaired) electrons. The van der Waals surface area contributed by atoms with Gasteiger partial charge in [0.2, 0.25) is 10.0 Å². The first-order valence-corrected chi connectivity index (χ1v) is 6.37. The predicted octanol–water partition coefficient (Wildman–Crippen LogP) is 1.32. The number of nitrogens with two attached hydrogens (primary N) is 1. The molecule has 0 aliphatic rings. The van der Waals surface area contributed by atoms with Gasteiger partial charge in [0.1, 0.15) is 12.4 Å². The second kappa shape index (κ2) is 4.83. The number of hydrogen-bond donors (Lipinski definition) is 1. The van der Waals surface area contributed by atoms with E-state index in [2.05, 4.69) is 0 Å². The molecule has 0 bridgehead atoms. The summed E-state index contributed by atoms with van der Waals surface area (Å²) in [5.74, 6) is 0.366. The molecule has 1 aromatic carbocycles. The Hall–Kier alpha value is -0.780. The fourth-order valence-electron chi connectivity index (χ4n) is 0.997. The number of benzene rings is 1. The molecule has 4 nitrogen and oxygen atoms in total. The molecule has 0 aliphatic heterocycles. The lowest BCUT2D eigenvalue weighted by molar-refractivity contribution is 0.338. The minimum absolute atomic E-state index is 0.0278. The number of halogens is 1. The second-order valence-corrected chi connectivity index (χ2v) is 5.30. The molecule has 2 N–H and O–H groups in total. The molecular formula is C9H12ClNO3S. The second-order valence-electron chi connectivity index (χ2n) is 3.13. The molecule has 1 rings (SSSR count). The quantitative estimate of drug-likeness (QED) is 0.875. The summed E-state index contributed by atoms with van der Waals surface area (Å²) in [6.07, 6.45) is 0. The summed E-state index contributed by atoms with van der Waals surface area (Å²) in [6.45, 7) is 1.88. The highest BCUT2D eigenvalue weighted by molar-refractivity contribution is 7.89. The zero-order valence-corrected chi connectivity index (χ0v) is 9.81. The Morgan fingerprint density at radius 2 is 2.13 bits per heavy atom. The van der Waals surface area contributed by atoms with Crippen LogP contribution in [0.15, 0.2) is 18.2 Å². The molecule has 0 aromatic heterocycles. The summed E-state index contributed by atoms with van der Waals surface area (Å²) in [6, 6.07) is 5.18. The van der Waals surface area contributed by atoms with Gasteiger partial charge >= 0.3 is 0 Å². The van der Waals surface area contributed by atoms with Gasteiger partial charge in [-0.2, -0.15) is 0 Å². The average Bonchev–Trinajstić information content (AvgIpc) is 2.09. The van der Waals surface area contributed by atoms with Gasteiger partial charge in [0.05, 0.1) is 5.75 Å². The van der Waals surface area contributed by atoms with Gasteiger partial charge in [0.15, 0.2) is 0 Å². The summed E-state index contributed by atoms with van der Waals surface area (Å²) in [5.41, 5.74) is 0.897.